The van der Waals surface area contributed by atoms with Crippen LogP contribution in [-0.2, 0) is 11.3 Å². The number of aliphatic carboxylic acids is 1. The first kappa shape index (κ1) is 26.3. The van der Waals surface area contributed by atoms with Crippen molar-refractivity contribution in [2.45, 2.75) is 33.4 Å². The van der Waals surface area contributed by atoms with Gasteiger partial charge in [-0.1, -0.05) is 29.8 Å². The smallest absolute Gasteiger partial charge is 0.335 e. The third kappa shape index (κ3) is 5.94. The molecule has 2 atom stereocenters. The lowest BCUT2D eigenvalue weighted by molar-refractivity contribution is -0.142. The Bertz CT molecular complexity index is 1620. The molecule has 4 rings (SSSR count). The van der Waals surface area contributed by atoms with Crippen molar-refractivity contribution in [2.24, 2.45) is 10.9 Å². The number of carboxylic acid groups (broad SMARTS) is 1. The quantitative estimate of drug-likeness (QED) is 0.366. The van der Waals surface area contributed by atoms with Gasteiger partial charge in [0.15, 0.2) is 0 Å². The second-order valence-electron chi connectivity index (χ2n) is 8.87. The van der Waals surface area contributed by atoms with Gasteiger partial charge in [-0.3, -0.25) is 14.3 Å². The lowest BCUT2D eigenvalue weighted by Gasteiger charge is -2.19. The van der Waals surface area contributed by atoms with Gasteiger partial charge >= 0.3 is 17.3 Å². The molecule has 0 aliphatic rings. The van der Waals surface area contributed by atoms with E-state index in [0.29, 0.717) is 11.4 Å². The minimum absolute atomic E-state index is 0.000808. The number of ether oxygens (including phenoxy) is 1. The Morgan fingerprint density at radius 2 is 1.76 bits per heavy atom. The Morgan fingerprint density at radius 1 is 1.08 bits per heavy atom. The molecule has 0 radical (unpaired) electrons. The van der Waals surface area contributed by atoms with E-state index in [1.54, 1.807) is 24.3 Å². The molecule has 2 aromatic heterocycles. The first-order chi connectivity index (χ1) is 18.1. The van der Waals surface area contributed by atoms with Gasteiger partial charge in [-0.05, 0) is 56.7 Å². The van der Waals surface area contributed by atoms with Gasteiger partial charge < -0.3 is 9.84 Å². The highest BCUT2D eigenvalue weighted by atomic mass is 19.1. The molecule has 10 nitrogen and oxygen atoms in total. The minimum atomic E-state index is -1.12. The van der Waals surface area contributed by atoms with E-state index in [4.69, 9.17) is 4.74 Å². The number of rotatable bonds is 8. The molecule has 2 aromatic carbocycles. The van der Waals surface area contributed by atoms with Crippen LogP contribution in [0.5, 0.6) is 11.6 Å². The summed E-state index contributed by atoms with van der Waals surface area (Å²) in [5.41, 5.74) is 0.808. The molecule has 0 saturated carbocycles. The summed E-state index contributed by atoms with van der Waals surface area (Å²) < 4.78 is 20.9. The summed E-state index contributed by atoms with van der Waals surface area (Å²) in [5, 5.41) is 9.42. The van der Waals surface area contributed by atoms with Gasteiger partial charge in [-0.25, -0.2) is 28.5 Å². The molecule has 0 spiro atoms. The Kier molecular flexibility index (Phi) is 7.66. The maximum Gasteiger partial charge on any atom is 0.335 e. The van der Waals surface area contributed by atoms with Gasteiger partial charge in [0.25, 0.3) is 0 Å². The fraction of sp³-hybridized carbons (Fsp3) is 0.222. The maximum absolute atomic E-state index is 13.5. The second-order valence-corrected chi connectivity index (χ2v) is 8.87. The number of H-pyrrole nitrogens is 1. The number of nitrogens with one attached hydrogen (secondary N) is 1. The number of hydrogen-bond acceptors (Lipinski definition) is 6. The average molecular weight is 520 g/mol. The van der Waals surface area contributed by atoms with E-state index in [9.17, 15) is 23.9 Å². The fourth-order valence-electron chi connectivity index (χ4n) is 3.68. The number of aromatic nitrogens is 4. The molecule has 0 bridgehead atoms. The number of hydrogen-bond donors (Lipinski definition) is 2. The van der Waals surface area contributed by atoms with Crippen molar-refractivity contribution < 1.29 is 19.0 Å². The van der Waals surface area contributed by atoms with Crippen LogP contribution in [0.4, 0.5) is 10.1 Å². The number of pyridine rings is 1. The first-order valence-corrected chi connectivity index (χ1v) is 11.8. The van der Waals surface area contributed by atoms with Gasteiger partial charge in [0, 0.05) is 6.07 Å². The van der Waals surface area contributed by atoms with Crippen molar-refractivity contribution in [3.8, 4) is 11.6 Å². The van der Waals surface area contributed by atoms with Crippen molar-refractivity contribution in [1.29, 1.82) is 0 Å². The van der Waals surface area contributed by atoms with Gasteiger partial charge in [0.1, 0.15) is 11.6 Å². The molecule has 11 heteroatoms. The van der Waals surface area contributed by atoms with Gasteiger partial charge in [0.2, 0.25) is 11.5 Å². The number of carboxylic acids is 1. The van der Waals surface area contributed by atoms with Crippen LogP contribution in [0.1, 0.15) is 31.0 Å². The van der Waals surface area contributed by atoms with E-state index < -0.39 is 35.1 Å². The highest BCUT2D eigenvalue weighted by Crippen LogP contribution is 2.22. The SMILES string of the molecule is Cc1ccc(Cn2c(=O)n([C@@H](C)[C@@H](C)C(=O)O)c(=O)[nH]/c2=N\c2ccc(Oc3ccc(F)cn3)cc2)cc1. The highest BCUT2D eigenvalue weighted by molar-refractivity contribution is 5.70. The molecule has 196 valence electrons. The molecule has 0 aliphatic carbocycles. The van der Waals surface area contributed by atoms with E-state index in [0.717, 1.165) is 21.9 Å². The van der Waals surface area contributed by atoms with Crippen molar-refractivity contribution in [2.75, 3.05) is 0 Å². The number of nitrogens with zero attached hydrogens (tertiary/aromatic N) is 4. The zero-order valence-electron chi connectivity index (χ0n) is 21.0. The standard InChI is InChI=1S/C27H26FN5O5/c1-16-4-6-19(7-5-16)15-32-25(31-26(36)33(27(32)37)18(3)17(2)24(34)35)30-21-9-11-22(12-10-21)38-23-13-8-20(28)14-29-23/h4-14,17-18H,15H2,1-3H3,(H,34,35)(H,30,31,36)/t17-,18+/m1/s1. The van der Waals surface area contributed by atoms with Crippen molar-refractivity contribution in [3.63, 3.8) is 0 Å². The molecule has 0 aliphatic heterocycles. The molecule has 38 heavy (non-hydrogen) atoms. The zero-order valence-corrected chi connectivity index (χ0v) is 21.0. The van der Waals surface area contributed by atoms with Crippen LogP contribution in [0.3, 0.4) is 0 Å². The molecule has 2 heterocycles. The molecular weight excluding hydrogens is 493 g/mol. The predicted molar refractivity (Wildman–Crippen MR) is 137 cm³/mol. The predicted octanol–water partition coefficient (Wildman–Crippen LogP) is 3.54. The average Bonchev–Trinajstić information content (AvgIpc) is 2.89. The van der Waals surface area contributed by atoms with Crippen molar-refractivity contribution in [3.05, 3.63) is 110 Å². The Morgan fingerprint density at radius 3 is 2.37 bits per heavy atom. The zero-order chi connectivity index (χ0) is 27.4. The third-order valence-corrected chi connectivity index (χ3v) is 6.11. The van der Waals surface area contributed by atoms with Crippen LogP contribution in [-0.4, -0.2) is 30.2 Å². The molecule has 0 saturated heterocycles. The maximum atomic E-state index is 13.5. The van der Waals surface area contributed by atoms with E-state index in [-0.39, 0.29) is 18.0 Å². The Labute approximate surface area is 216 Å². The Balaban J connectivity index is 1.76. The van der Waals surface area contributed by atoms with Crippen LogP contribution < -0.4 is 21.7 Å². The number of benzene rings is 2. The van der Waals surface area contributed by atoms with Crippen LogP contribution in [0.15, 0.2) is 81.4 Å². The largest absolute Gasteiger partial charge is 0.481 e. The second kappa shape index (κ2) is 11.1. The fourth-order valence-corrected chi connectivity index (χ4v) is 3.68. The van der Waals surface area contributed by atoms with Crippen LogP contribution in [0.2, 0.25) is 0 Å². The van der Waals surface area contributed by atoms with Gasteiger partial charge in [0.05, 0.1) is 30.4 Å². The van der Waals surface area contributed by atoms with Crippen LogP contribution in [0, 0.1) is 18.7 Å². The molecule has 0 unspecified atom stereocenters. The summed E-state index contributed by atoms with van der Waals surface area (Å²) in [6, 6.07) is 15.7. The van der Waals surface area contributed by atoms with E-state index in [1.807, 2.05) is 31.2 Å². The van der Waals surface area contributed by atoms with Crippen LogP contribution >= 0.6 is 0 Å². The first-order valence-electron chi connectivity index (χ1n) is 11.8. The molecule has 2 N–H and O–H groups in total. The van der Waals surface area contributed by atoms with Gasteiger partial charge in [-0.2, -0.15) is 0 Å². The lowest BCUT2D eigenvalue weighted by atomic mass is 10.0. The van der Waals surface area contributed by atoms with E-state index in [1.165, 1.54) is 30.5 Å². The van der Waals surface area contributed by atoms with Crippen molar-refractivity contribution in [1.82, 2.24) is 19.1 Å². The lowest BCUT2D eigenvalue weighted by Crippen LogP contribution is -2.52. The normalized spacial score (nSPS) is 13.2. The number of aryl methyl sites for hydroxylation is 1. The molecule has 0 fully saturated rings. The number of aromatic amines is 1. The summed E-state index contributed by atoms with van der Waals surface area (Å²) in [6.45, 7) is 4.99. The molecular formula is C27H26FN5O5. The summed E-state index contributed by atoms with van der Waals surface area (Å²) in [5.74, 6) is -1.94. The summed E-state index contributed by atoms with van der Waals surface area (Å²) in [6.07, 6.45) is 1.04. The Hall–Kier alpha value is -4.80. The highest BCUT2D eigenvalue weighted by Gasteiger charge is 2.25. The summed E-state index contributed by atoms with van der Waals surface area (Å²) in [7, 11) is 0. The van der Waals surface area contributed by atoms with E-state index in [2.05, 4.69) is 15.0 Å². The molecule has 4 aromatic rings. The molecule has 0 amide bonds. The monoisotopic (exact) mass is 519 g/mol. The van der Waals surface area contributed by atoms with Crippen molar-refractivity contribution >= 4 is 11.7 Å². The summed E-state index contributed by atoms with van der Waals surface area (Å²) in [4.78, 5) is 48.9. The summed E-state index contributed by atoms with van der Waals surface area (Å²) >= 11 is 0. The van der Waals surface area contributed by atoms with Gasteiger partial charge in [-0.15, -0.1) is 0 Å². The van der Waals surface area contributed by atoms with Crippen LogP contribution in [0.25, 0.3) is 0 Å². The topological polar surface area (TPSA) is 132 Å². The van der Waals surface area contributed by atoms with E-state index >= 15 is 0 Å². The number of halogens is 1. The number of carbonyl (C=O) groups is 1. The third-order valence-electron chi connectivity index (χ3n) is 6.11. The minimum Gasteiger partial charge on any atom is -0.481 e.